The second kappa shape index (κ2) is 14.0. The number of carbonyl (C=O) groups excluding carboxylic acids is 3. The number of rotatable bonds is 8. The van der Waals surface area contributed by atoms with Crippen molar-refractivity contribution >= 4 is 47.1 Å². The molecule has 1 N–H and O–H groups in total. The van der Waals surface area contributed by atoms with Crippen LogP contribution in [0.1, 0.15) is 52.9 Å². The van der Waals surface area contributed by atoms with Crippen molar-refractivity contribution in [3.05, 3.63) is 30.3 Å². The molecule has 0 radical (unpaired) electrons. The van der Waals surface area contributed by atoms with E-state index in [1.807, 2.05) is 43.9 Å². The molecule has 10 heteroatoms. The molecule has 0 aromatic heterocycles. The number of anilines is 1. The van der Waals surface area contributed by atoms with E-state index in [2.05, 4.69) is 22.3 Å². The second-order valence-electron chi connectivity index (χ2n) is 11.6. The molecule has 3 amide bonds. The van der Waals surface area contributed by atoms with Crippen molar-refractivity contribution < 1.29 is 19.1 Å². The Kier molecular flexibility index (Phi) is 10.7. The second-order valence-corrected chi connectivity index (χ2v) is 13.9. The molecule has 216 valence electrons. The minimum absolute atomic E-state index is 0.0287. The van der Waals surface area contributed by atoms with E-state index >= 15 is 0 Å². The van der Waals surface area contributed by atoms with Gasteiger partial charge in [-0.3, -0.25) is 14.5 Å². The fraction of sp³-hybridized carbons (Fsp3) is 0.690. The summed E-state index contributed by atoms with van der Waals surface area (Å²) in [6, 6.07) is 9.65. The summed E-state index contributed by atoms with van der Waals surface area (Å²) in [5, 5.41) is 2.36. The predicted molar refractivity (Wildman–Crippen MR) is 160 cm³/mol. The van der Waals surface area contributed by atoms with Crippen LogP contribution in [0.5, 0.6) is 0 Å². The van der Waals surface area contributed by atoms with Crippen LogP contribution in [0.4, 0.5) is 10.5 Å². The van der Waals surface area contributed by atoms with Crippen LogP contribution in [-0.4, -0.2) is 94.7 Å². The lowest BCUT2D eigenvalue weighted by Crippen LogP contribution is -2.57. The zero-order chi connectivity index (χ0) is 27.8. The summed E-state index contributed by atoms with van der Waals surface area (Å²) in [6.45, 7) is 8.67. The van der Waals surface area contributed by atoms with E-state index in [9.17, 15) is 14.4 Å². The molecule has 39 heavy (non-hydrogen) atoms. The fourth-order valence-corrected chi connectivity index (χ4v) is 7.74. The summed E-state index contributed by atoms with van der Waals surface area (Å²) in [5.41, 5.74) is 0.527. The van der Waals surface area contributed by atoms with Gasteiger partial charge in [0, 0.05) is 49.9 Å². The first-order valence-corrected chi connectivity index (χ1v) is 16.5. The van der Waals surface area contributed by atoms with Gasteiger partial charge in [0.25, 0.3) is 5.91 Å². The molecule has 2 heterocycles. The highest BCUT2D eigenvalue weighted by molar-refractivity contribution is 8.00. The lowest BCUT2D eigenvalue weighted by atomic mass is 9.91. The lowest BCUT2D eigenvalue weighted by Gasteiger charge is -2.38. The van der Waals surface area contributed by atoms with E-state index in [0.717, 1.165) is 24.5 Å². The SMILES string of the molecule is CC(C)(C)OC(=O)N1CCSC1C(=O)N[C@@H](CSCC1CCCCC1)C(=O)N1CCN(c2ccccc2)CC1. The molecule has 8 nitrogen and oxygen atoms in total. The molecule has 1 saturated carbocycles. The van der Waals surface area contributed by atoms with Crippen molar-refractivity contribution in [3.8, 4) is 0 Å². The number of nitrogens with one attached hydrogen (secondary N) is 1. The van der Waals surface area contributed by atoms with E-state index in [0.29, 0.717) is 37.1 Å². The van der Waals surface area contributed by atoms with Crippen molar-refractivity contribution in [2.45, 2.75) is 69.9 Å². The summed E-state index contributed by atoms with van der Waals surface area (Å²) in [5.74, 6) is 2.60. The normalized spacial score (nSPS) is 21.5. The Hall–Kier alpha value is -2.07. The van der Waals surface area contributed by atoms with Crippen LogP contribution in [0.15, 0.2) is 30.3 Å². The molecular weight excluding hydrogens is 532 g/mol. The number of hydrogen-bond acceptors (Lipinski definition) is 7. The van der Waals surface area contributed by atoms with Gasteiger partial charge in [-0.1, -0.05) is 37.5 Å². The van der Waals surface area contributed by atoms with Gasteiger partial charge in [-0.2, -0.15) is 11.8 Å². The number of benzene rings is 1. The molecule has 0 spiro atoms. The Balaban J connectivity index is 1.38. The van der Waals surface area contributed by atoms with Gasteiger partial charge in [0.15, 0.2) is 5.37 Å². The number of carbonyl (C=O) groups is 3. The summed E-state index contributed by atoms with van der Waals surface area (Å²) in [6.07, 6.45) is 5.91. The van der Waals surface area contributed by atoms with E-state index < -0.39 is 23.1 Å². The summed E-state index contributed by atoms with van der Waals surface area (Å²) in [4.78, 5) is 45.6. The third-order valence-electron chi connectivity index (χ3n) is 7.43. The van der Waals surface area contributed by atoms with E-state index in [1.165, 1.54) is 48.8 Å². The summed E-state index contributed by atoms with van der Waals surface area (Å²) >= 11 is 3.19. The lowest BCUT2D eigenvalue weighted by molar-refractivity contribution is -0.136. The maximum Gasteiger partial charge on any atom is 0.411 e. The van der Waals surface area contributed by atoms with Crippen LogP contribution >= 0.6 is 23.5 Å². The molecule has 1 aromatic carbocycles. The number of piperazine rings is 1. The van der Waals surface area contributed by atoms with Crippen LogP contribution < -0.4 is 10.2 Å². The number of para-hydroxylation sites is 1. The first kappa shape index (κ1) is 29.9. The Morgan fingerprint density at radius 2 is 1.72 bits per heavy atom. The Bertz CT molecular complexity index is 960. The van der Waals surface area contributed by atoms with Gasteiger partial charge in [-0.15, -0.1) is 11.8 Å². The Morgan fingerprint density at radius 1 is 1.03 bits per heavy atom. The molecule has 4 rings (SSSR count). The van der Waals surface area contributed by atoms with Crippen molar-refractivity contribution in [2.24, 2.45) is 5.92 Å². The van der Waals surface area contributed by atoms with Gasteiger partial charge in [0.05, 0.1) is 0 Å². The predicted octanol–water partition coefficient (Wildman–Crippen LogP) is 4.44. The van der Waals surface area contributed by atoms with E-state index in [4.69, 9.17) is 4.74 Å². The zero-order valence-electron chi connectivity index (χ0n) is 23.6. The molecule has 2 atom stereocenters. The van der Waals surface area contributed by atoms with Crippen molar-refractivity contribution in [3.63, 3.8) is 0 Å². The third kappa shape index (κ3) is 8.71. The van der Waals surface area contributed by atoms with Crippen LogP contribution in [0, 0.1) is 5.92 Å². The maximum atomic E-state index is 13.7. The van der Waals surface area contributed by atoms with Crippen LogP contribution in [-0.2, 0) is 14.3 Å². The largest absolute Gasteiger partial charge is 0.444 e. The van der Waals surface area contributed by atoms with E-state index in [-0.39, 0.29) is 11.8 Å². The van der Waals surface area contributed by atoms with Gasteiger partial charge in [0.2, 0.25) is 5.91 Å². The summed E-state index contributed by atoms with van der Waals surface area (Å²) < 4.78 is 5.54. The third-order valence-corrected chi connectivity index (χ3v) is 9.91. The van der Waals surface area contributed by atoms with Crippen LogP contribution in [0.25, 0.3) is 0 Å². The topological polar surface area (TPSA) is 82.2 Å². The molecular formula is C29H44N4O4S2. The standard InChI is InChI=1S/C29H44N4O4S2/c1-29(2,3)37-28(36)33-18-19-39-27(33)25(34)30-24(21-38-20-22-10-6-4-7-11-22)26(35)32-16-14-31(15-17-32)23-12-8-5-9-13-23/h5,8-9,12-13,22,24,27H,4,6-7,10-11,14-21H2,1-3H3,(H,30,34)/t24-,27?/m0/s1. The molecule has 1 aliphatic carbocycles. The van der Waals surface area contributed by atoms with Crippen LogP contribution in [0.2, 0.25) is 0 Å². The highest BCUT2D eigenvalue weighted by Gasteiger charge is 2.39. The smallest absolute Gasteiger partial charge is 0.411 e. The van der Waals surface area contributed by atoms with Gasteiger partial charge in [-0.25, -0.2) is 4.79 Å². The van der Waals surface area contributed by atoms with Gasteiger partial charge in [0.1, 0.15) is 11.6 Å². The number of thioether (sulfide) groups is 2. The average molecular weight is 577 g/mol. The fourth-order valence-electron chi connectivity index (χ4n) is 5.36. The van der Waals surface area contributed by atoms with Gasteiger partial charge >= 0.3 is 6.09 Å². The van der Waals surface area contributed by atoms with Crippen LogP contribution in [0.3, 0.4) is 0 Å². The zero-order valence-corrected chi connectivity index (χ0v) is 25.2. The van der Waals surface area contributed by atoms with Gasteiger partial charge in [-0.05, 0) is 57.4 Å². The maximum absolute atomic E-state index is 13.7. The Labute approximate surface area is 241 Å². The van der Waals surface area contributed by atoms with Crippen molar-refractivity contribution in [2.75, 3.05) is 54.9 Å². The van der Waals surface area contributed by atoms with E-state index in [1.54, 1.807) is 11.8 Å². The molecule has 1 unspecified atom stereocenters. The molecule has 3 fully saturated rings. The average Bonchev–Trinajstić information content (AvgIpc) is 3.43. The molecule has 1 aromatic rings. The van der Waals surface area contributed by atoms with Crippen molar-refractivity contribution in [1.29, 1.82) is 0 Å². The number of hydrogen-bond donors (Lipinski definition) is 1. The Morgan fingerprint density at radius 3 is 2.38 bits per heavy atom. The number of ether oxygens (including phenoxy) is 1. The monoisotopic (exact) mass is 576 g/mol. The van der Waals surface area contributed by atoms with Gasteiger partial charge < -0.3 is 19.9 Å². The first-order chi connectivity index (χ1) is 18.7. The minimum Gasteiger partial charge on any atom is -0.444 e. The molecule has 2 saturated heterocycles. The minimum atomic E-state index is -0.687. The summed E-state index contributed by atoms with van der Waals surface area (Å²) in [7, 11) is 0. The first-order valence-electron chi connectivity index (χ1n) is 14.3. The number of amides is 3. The molecule has 0 bridgehead atoms. The highest BCUT2D eigenvalue weighted by Crippen LogP contribution is 2.28. The highest BCUT2D eigenvalue weighted by atomic mass is 32.2. The quantitative estimate of drug-likeness (QED) is 0.490. The van der Waals surface area contributed by atoms with Crippen molar-refractivity contribution in [1.82, 2.24) is 15.1 Å². The number of nitrogens with zero attached hydrogens (tertiary/aromatic N) is 3. The molecule has 3 aliphatic rings. The molecule has 2 aliphatic heterocycles.